The standard InChI is InChI=1S/C25H26F6N2O4/c1-16-11-18(6-7-19(16)23(34,24(26,27)28)25(29,30)31)35-10-4-3-9-33-13-22(2,32-14-33)17-5-8-20-21(12-17)37-15-36-20/h5-8,11-12,14,34H,3-4,9-10,13,15H2,1-2H3. The first-order valence-electron chi connectivity index (χ1n) is 11.5. The normalized spacial score (nSPS) is 19.5. The van der Waals surface area contributed by atoms with E-state index in [4.69, 9.17) is 14.2 Å². The van der Waals surface area contributed by atoms with E-state index in [0.29, 0.717) is 37.1 Å². The smallest absolute Gasteiger partial charge is 0.430 e. The quantitative estimate of drug-likeness (QED) is 0.362. The highest BCUT2D eigenvalue weighted by Gasteiger charge is 2.71. The lowest BCUT2D eigenvalue weighted by molar-refractivity contribution is -0.376. The van der Waals surface area contributed by atoms with Crippen molar-refractivity contribution in [3.05, 3.63) is 53.1 Å². The van der Waals surface area contributed by atoms with Gasteiger partial charge in [0.15, 0.2) is 11.5 Å². The van der Waals surface area contributed by atoms with Crippen LogP contribution in [-0.4, -0.2) is 55.2 Å². The highest BCUT2D eigenvalue weighted by molar-refractivity contribution is 5.60. The fraction of sp³-hybridized carbons (Fsp3) is 0.480. The van der Waals surface area contributed by atoms with E-state index in [1.54, 1.807) is 6.34 Å². The summed E-state index contributed by atoms with van der Waals surface area (Å²) in [6, 6.07) is 8.40. The van der Waals surface area contributed by atoms with Gasteiger partial charge in [0.25, 0.3) is 5.60 Å². The molecule has 6 nitrogen and oxygen atoms in total. The van der Waals surface area contributed by atoms with E-state index in [-0.39, 0.29) is 24.7 Å². The molecule has 1 N–H and O–H groups in total. The fourth-order valence-electron chi connectivity index (χ4n) is 4.43. The van der Waals surface area contributed by atoms with Gasteiger partial charge < -0.3 is 24.2 Å². The zero-order valence-corrected chi connectivity index (χ0v) is 20.1. The van der Waals surface area contributed by atoms with Crippen LogP contribution < -0.4 is 14.2 Å². The molecular formula is C25H26F6N2O4. The maximum absolute atomic E-state index is 13.2. The van der Waals surface area contributed by atoms with Crippen molar-refractivity contribution in [2.45, 2.75) is 50.2 Å². The van der Waals surface area contributed by atoms with Crippen molar-refractivity contribution in [2.75, 3.05) is 26.5 Å². The summed E-state index contributed by atoms with van der Waals surface area (Å²) in [7, 11) is 0. The summed E-state index contributed by atoms with van der Waals surface area (Å²) in [6.45, 7) is 4.85. The molecule has 12 heteroatoms. The number of aliphatic hydroxyl groups is 1. The molecule has 0 radical (unpaired) electrons. The highest BCUT2D eigenvalue weighted by atomic mass is 19.4. The second kappa shape index (κ2) is 9.62. The third-order valence-corrected chi connectivity index (χ3v) is 6.53. The molecule has 0 saturated carbocycles. The minimum atomic E-state index is -5.93. The summed E-state index contributed by atoms with van der Waals surface area (Å²) in [5.41, 5.74) is -6.06. The SMILES string of the molecule is Cc1cc(OCCCCN2C=NC(C)(c3ccc4c(c3)OCO4)C2)ccc1C(O)(C(F)(F)F)C(F)(F)F. The molecule has 202 valence electrons. The fourth-order valence-corrected chi connectivity index (χ4v) is 4.43. The number of benzene rings is 2. The second-order valence-electron chi connectivity index (χ2n) is 9.30. The Balaban J connectivity index is 1.27. The third-order valence-electron chi connectivity index (χ3n) is 6.53. The molecule has 0 aromatic heterocycles. The molecule has 0 amide bonds. The van der Waals surface area contributed by atoms with Gasteiger partial charge in [-0.2, -0.15) is 26.3 Å². The Morgan fingerprint density at radius 3 is 2.38 bits per heavy atom. The van der Waals surface area contributed by atoms with Crippen molar-refractivity contribution in [3.8, 4) is 17.2 Å². The van der Waals surface area contributed by atoms with Gasteiger partial charge in [-0.3, -0.25) is 4.99 Å². The topological polar surface area (TPSA) is 63.5 Å². The number of halogens is 6. The Morgan fingerprint density at radius 1 is 1.00 bits per heavy atom. The minimum absolute atomic E-state index is 0.117. The monoisotopic (exact) mass is 532 g/mol. The molecular weight excluding hydrogens is 506 g/mol. The van der Waals surface area contributed by atoms with Crippen LogP contribution in [-0.2, 0) is 11.1 Å². The number of alkyl halides is 6. The lowest BCUT2D eigenvalue weighted by atomic mass is 9.88. The number of hydrogen-bond acceptors (Lipinski definition) is 6. The van der Waals surface area contributed by atoms with Crippen LogP contribution in [0.1, 0.15) is 36.5 Å². The summed E-state index contributed by atoms with van der Waals surface area (Å²) in [4.78, 5) is 6.72. The lowest BCUT2D eigenvalue weighted by Crippen LogP contribution is -2.54. The van der Waals surface area contributed by atoms with Gasteiger partial charge in [0.2, 0.25) is 6.79 Å². The van der Waals surface area contributed by atoms with Crippen molar-refractivity contribution in [3.63, 3.8) is 0 Å². The molecule has 0 spiro atoms. The molecule has 2 heterocycles. The number of unbranched alkanes of at least 4 members (excludes halogenated alkanes) is 1. The van der Waals surface area contributed by atoms with Crippen LogP contribution in [0.3, 0.4) is 0 Å². The molecule has 37 heavy (non-hydrogen) atoms. The van der Waals surface area contributed by atoms with E-state index >= 15 is 0 Å². The molecule has 2 aromatic rings. The second-order valence-corrected chi connectivity index (χ2v) is 9.30. The first-order chi connectivity index (χ1) is 17.2. The predicted octanol–water partition coefficient (Wildman–Crippen LogP) is 5.45. The molecule has 0 bridgehead atoms. The van der Waals surface area contributed by atoms with E-state index in [0.717, 1.165) is 31.0 Å². The number of hydrogen-bond donors (Lipinski definition) is 1. The van der Waals surface area contributed by atoms with Crippen LogP contribution >= 0.6 is 0 Å². The first kappa shape index (κ1) is 26.9. The van der Waals surface area contributed by atoms with E-state index in [1.165, 1.54) is 0 Å². The van der Waals surface area contributed by atoms with Gasteiger partial charge >= 0.3 is 12.4 Å². The summed E-state index contributed by atoms with van der Waals surface area (Å²) in [6.07, 6.45) is -8.76. The van der Waals surface area contributed by atoms with Crippen LogP contribution in [0.25, 0.3) is 0 Å². The van der Waals surface area contributed by atoms with Gasteiger partial charge in [-0.15, -0.1) is 0 Å². The van der Waals surface area contributed by atoms with Gasteiger partial charge in [0.1, 0.15) is 11.3 Å². The molecule has 2 aliphatic heterocycles. The average Bonchev–Trinajstić information content (AvgIpc) is 3.43. The van der Waals surface area contributed by atoms with E-state index in [9.17, 15) is 31.4 Å². The molecule has 0 fully saturated rings. The number of ether oxygens (including phenoxy) is 3. The summed E-state index contributed by atoms with van der Waals surface area (Å²) in [5, 5.41) is 9.61. The third kappa shape index (κ3) is 5.16. The lowest BCUT2D eigenvalue weighted by Gasteiger charge is -2.33. The van der Waals surface area contributed by atoms with Gasteiger partial charge in [-0.1, -0.05) is 12.1 Å². The van der Waals surface area contributed by atoms with Gasteiger partial charge in [0.05, 0.1) is 12.9 Å². The number of fused-ring (bicyclic) bond motifs is 1. The number of nitrogens with zero attached hydrogens (tertiary/aromatic N) is 2. The summed E-state index contributed by atoms with van der Waals surface area (Å²) in [5.74, 6) is 1.51. The van der Waals surface area contributed by atoms with E-state index in [2.05, 4.69) is 9.89 Å². The van der Waals surface area contributed by atoms with Crippen molar-refractivity contribution < 1.29 is 45.7 Å². The van der Waals surface area contributed by atoms with Gasteiger partial charge in [-0.25, -0.2) is 0 Å². The Labute approximate surface area is 209 Å². The maximum Gasteiger partial charge on any atom is 0.430 e. The number of aliphatic imine (C=N–C) groups is 1. The molecule has 2 aromatic carbocycles. The van der Waals surface area contributed by atoms with Crippen LogP contribution in [0, 0.1) is 6.92 Å². The van der Waals surface area contributed by atoms with Gasteiger partial charge in [0, 0.05) is 18.7 Å². The van der Waals surface area contributed by atoms with Crippen molar-refractivity contribution in [1.82, 2.24) is 4.90 Å². The van der Waals surface area contributed by atoms with Crippen LogP contribution in [0.2, 0.25) is 0 Å². The summed E-state index contributed by atoms with van der Waals surface area (Å²) >= 11 is 0. The van der Waals surface area contributed by atoms with Crippen LogP contribution in [0.5, 0.6) is 17.2 Å². The highest BCUT2D eigenvalue weighted by Crippen LogP contribution is 2.51. The minimum Gasteiger partial charge on any atom is -0.494 e. The maximum atomic E-state index is 13.2. The average molecular weight is 532 g/mol. The Bertz CT molecular complexity index is 1150. The molecule has 0 aliphatic carbocycles. The van der Waals surface area contributed by atoms with Gasteiger partial charge in [-0.05, 0) is 62.1 Å². The zero-order chi connectivity index (χ0) is 27.1. The molecule has 1 atom stereocenters. The largest absolute Gasteiger partial charge is 0.494 e. The van der Waals surface area contributed by atoms with Crippen LogP contribution in [0.15, 0.2) is 41.4 Å². The van der Waals surface area contributed by atoms with Crippen molar-refractivity contribution in [1.29, 1.82) is 0 Å². The summed E-state index contributed by atoms with van der Waals surface area (Å²) < 4.78 is 95.2. The Hall–Kier alpha value is -3.15. The van der Waals surface area contributed by atoms with Crippen molar-refractivity contribution in [2.24, 2.45) is 4.99 Å². The zero-order valence-electron chi connectivity index (χ0n) is 20.1. The molecule has 0 saturated heterocycles. The number of aryl methyl sites for hydroxylation is 1. The van der Waals surface area contributed by atoms with E-state index < -0.39 is 29.1 Å². The molecule has 2 aliphatic rings. The molecule has 4 rings (SSSR count). The van der Waals surface area contributed by atoms with Crippen LogP contribution in [0.4, 0.5) is 26.3 Å². The first-order valence-corrected chi connectivity index (χ1v) is 11.5. The number of rotatable bonds is 8. The van der Waals surface area contributed by atoms with E-state index in [1.807, 2.05) is 25.1 Å². The molecule has 1 unspecified atom stereocenters. The van der Waals surface area contributed by atoms with Crippen molar-refractivity contribution >= 4 is 6.34 Å². The Morgan fingerprint density at radius 2 is 1.70 bits per heavy atom. The Kier molecular flexibility index (Phi) is 7.00. The predicted molar refractivity (Wildman–Crippen MR) is 122 cm³/mol.